The number of benzene rings is 1. The van der Waals surface area contributed by atoms with E-state index in [0.717, 1.165) is 6.42 Å². The molecule has 0 fully saturated rings. The van der Waals surface area contributed by atoms with Crippen molar-refractivity contribution in [3.8, 4) is 0 Å². The molecule has 0 heterocycles. The largest absolute Gasteiger partial charge is 0.456 e. The Morgan fingerprint density at radius 3 is 2.38 bits per heavy atom. The summed E-state index contributed by atoms with van der Waals surface area (Å²) < 4.78 is 4.92. The van der Waals surface area contributed by atoms with E-state index in [4.69, 9.17) is 4.74 Å². The maximum Gasteiger partial charge on any atom is 0.308 e. The number of carbonyl (C=O) groups excluding carboxylic acids is 3. The first kappa shape index (κ1) is 19.7. The molecule has 1 atom stereocenters. The molecule has 1 rings (SSSR count). The van der Waals surface area contributed by atoms with Crippen LogP contribution in [0, 0.1) is 5.92 Å². The molecule has 0 aliphatic carbocycles. The van der Waals surface area contributed by atoms with E-state index in [1.165, 1.54) is 0 Å². The maximum absolute atomic E-state index is 11.9. The Hall–Kier alpha value is -2.37. The Kier molecular flexibility index (Phi) is 8.54. The molecule has 1 unspecified atom stereocenters. The highest BCUT2D eigenvalue weighted by atomic mass is 16.5. The topological polar surface area (TPSA) is 84.5 Å². The Morgan fingerprint density at radius 1 is 1.08 bits per heavy atom. The van der Waals surface area contributed by atoms with Crippen molar-refractivity contribution >= 4 is 17.8 Å². The molecule has 6 heteroatoms. The fourth-order valence-corrected chi connectivity index (χ4v) is 1.95. The standard InChI is InChI=1S/C18H26N2O4/c1-13(2)9-10-19-16(21)12-24-17(22)11-14(3)20-18(23)15-7-5-4-6-8-15/h4-8,13-14H,9-12H2,1-3H3,(H,19,21)(H,20,23). The van der Waals surface area contributed by atoms with Crippen LogP contribution >= 0.6 is 0 Å². The molecule has 2 N–H and O–H groups in total. The summed E-state index contributed by atoms with van der Waals surface area (Å²) in [5, 5.41) is 5.41. The average Bonchev–Trinajstić information content (AvgIpc) is 2.53. The molecule has 2 amide bonds. The number of nitrogens with one attached hydrogen (secondary N) is 2. The van der Waals surface area contributed by atoms with E-state index in [1.54, 1.807) is 31.2 Å². The van der Waals surface area contributed by atoms with E-state index in [2.05, 4.69) is 24.5 Å². The number of ether oxygens (including phenoxy) is 1. The second-order valence-electron chi connectivity index (χ2n) is 6.14. The fraction of sp³-hybridized carbons (Fsp3) is 0.500. The van der Waals surface area contributed by atoms with Gasteiger partial charge < -0.3 is 15.4 Å². The molecular weight excluding hydrogens is 308 g/mol. The quantitative estimate of drug-likeness (QED) is 0.676. The Bertz CT molecular complexity index is 543. The van der Waals surface area contributed by atoms with Crippen molar-refractivity contribution in [2.75, 3.05) is 13.2 Å². The molecule has 0 saturated carbocycles. The smallest absolute Gasteiger partial charge is 0.308 e. The van der Waals surface area contributed by atoms with Gasteiger partial charge in [0.05, 0.1) is 6.42 Å². The summed E-state index contributed by atoms with van der Waals surface area (Å²) in [6, 6.07) is 8.37. The van der Waals surface area contributed by atoms with Crippen molar-refractivity contribution in [1.82, 2.24) is 10.6 Å². The van der Waals surface area contributed by atoms with Crippen molar-refractivity contribution in [2.45, 2.75) is 39.7 Å². The van der Waals surface area contributed by atoms with E-state index < -0.39 is 5.97 Å². The first-order valence-electron chi connectivity index (χ1n) is 8.16. The Balaban J connectivity index is 2.24. The third-order valence-electron chi connectivity index (χ3n) is 3.29. The van der Waals surface area contributed by atoms with Gasteiger partial charge in [-0.05, 0) is 31.4 Å². The van der Waals surface area contributed by atoms with Crippen molar-refractivity contribution in [3.63, 3.8) is 0 Å². The molecular formula is C18H26N2O4. The van der Waals surface area contributed by atoms with Crippen LogP contribution in [0.25, 0.3) is 0 Å². The third kappa shape index (κ3) is 8.31. The van der Waals surface area contributed by atoms with Crippen LogP contribution in [-0.4, -0.2) is 37.0 Å². The van der Waals surface area contributed by atoms with Crippen LogP contribution in [0.1, 0.15) is 44.0 Å². The number of carbonyl (C=O) groups is 3. The fourth-order valence-electron chi connectivity index (χ4n) is 1.95. The molecule has 0 aliphatic rings. The van der Waals surface area contributed by atoms with Gasteiger partial charge >= 0.3 is 5.97 Å². The summed E-state index contributed by atoms with van der Waals surface area (Å²) in [7, 11) is 0. The molecule has 24 heavy (non-hydrogen) atoms. The summed E-state index contributed by atoms with van der Waals surface area (Å²) in [5.41, 5.74) is 0.530. The molecule has 1 aromatic rings. The number of amides is 2. The average molecular weight is 334 g/mol. The molecule has 1 aromatic carbocycles. The number of hydrogen-bond acceptors (Lipinski definition) is 4. The first-order valence-corrected chi connectivity index (χ1v) is 8.16. The molecule has 132 valence electrons. The Morgan fingerprint density at radius 2 is 1.75 bits per heavy atom. The SMILES string of the molecule is CC(C)CCNC(=O)COC(=O)CC(C)NC(=O)c1ccccc1. The van der Waals surface area contributed by atoms with E-state index in [0.29, 0.717) is 18.0 Å². The van der Waals surface area contributed by atoms with Crippen molar-refractivity contribution in [1.29, 1.82) is 0 Å². The lowest BCUT2D eigenvalue weighted by molar-refractivity contribution is -0.148. The van der Waals surface area contributed by atoms with Crippen LogP contribution in [-0.2, 0) is 14.3 Å². The van der Waals surface area contributed by atoms with Crippen molar-refractivity contribution in [3.05, 3.63) is 35.9 Å². The third-order valence-corrected chi connectivity index (χ3v) is 3.29. The van der Waals surface area contributed by atoms with Gasteiger partial charge in [-0.1, -0.05) is 32.0 Å². The van der Waals surface area contributed by atoms with E-state index in [-0.39, 0.29) is 30.9 Å². The van der Waals surface area contributed by atoms with Crippen molar-refractivity contribution < 1.29 is 19.1 Å². The normalized spacial score (nSPS) is 11.7. The summed E-state index contributed by atoms with van der Waals surface area (Å²) in [5.74, 6) is -0.580. The zero-order valence-electron chi connectivity index (χ0n) is 14.5. The van der Waals surface area contributed by atoms with Gasteiger partial charge in [-0.25, -0.2) is 0 Å². The van der Waals surface area contributed by atoms with Gasteiger partial charge in [0.1, 0.15) is 0 Å². The van der Waals surface area contributed by atoms with Crippen LogP contribution in [0.4, 0.5) is 0 Å². The van der Waals surface area contributed by atoms with Gasteiger partial charge in [0.2, 0.25) is 0 Å². The zero-order chi connectivity index (χ0) is 17.9. The predicted molar refractivity (Wildman–Crippen MR) is 91.4 cm³/mol. The van der Waals surface area contributed by atoms with Gasteiger partial charge in [-0.15, -0.1) is 0 Å². The van der Waals surface area contributed by atoms with Crippen LogP contribution < -0.4 is 10.6 Å². The van der Waals surface area contributed by atoms with Gasteiger partial charge in [-0.2, -0.15) is 0 Å². The molecule has 0 saturated heterocycles. The lowest BCUT2D eigenvalue weighted by atomic mass is 10.1. The lowest BCUT2D eigenvalue weighted by Crippen LogP contribution is -2.35. The highest BCUT2D eigenvalue weighted by Crippen LogP contribution is 2.01. The molecule has 0 radical (unpaired) electrons. The minimum absolute atomic E-state index is 0.0118. The summed E-state index contributed by atoms with van der Waals surface area (Å²) in [4.78, 5) is 35.2. The molecule has 0 aliphatic heterocycles. The summed E-state index contributed by atoms with van der Waals surface area (Å²) in [6.07, 6.45) is 0.889. The van der Waals surface area contributed by atoms with Crippen LogP contribution in [0.5, 0.6) is 0 Å². The molecule has 0 aromatic heterocycles. The maximum atomic E-state index is 11.9. The minimum atomic E-state index is -0.519. The van der Waals surface area contributed by atoms with Crippen LogP contribution in [0.15, 0.2) is 30.3 Å². The lowest BCUT2D eigenvalue weighted by Gasteiger charge is -2.13. The van der Waals surface area contributed by atoms with Gasteiger partial charge in [0.25, 0.3) is 11.8 Å². The highest BCUT2D eigenvalue weighted by molar-refractivity contribution is 5.94. The van der Waals surface area contributed by atoms with Gasteiger partial charge in [0.15, 0.2) is 6.61 Å². The zero-order valence-corrected chi connectivity index (χ0v) is 14.5. The predicted octanol–water partition coefficient (Wildman–Crippen LogP) is 1.90. The van der Waals surface area contributed by atoms with Crippen molar-refractivity contribution in [2.24, 2.45) is 5.92 Å². The molecule has 0 bridgehead atoms. The molecule has 6 nitrogen and oxygen atoms in total. The van der Waals surface area contributed by atoms with E-state index in [9.17, 15) is 14.4 Å². The highest BCUT2D eigenvalue weighted by Gasteiger charge is 2.15. The van der Waals surface area contributed by atoms with E-state index in [1.807, 2.05) is 6.07 Å². The van der Waals surface area contributed by atoms with Crippen LogP contribution in [0.3, 0.4) is 0 Å². The molecule has 0 spiro atoms. The van der Waals surface area contributed by atoms with E-state index >= 15 is 0 Å². The number of hydrogen-bond donors (Lipinski definition) is 2. The van der Waals surface area contributed by atoms with Gasteiger partial charge in [-0.3, -0.25) is 14.4 Å². The monoisotopic (exact) mass is 334 g/mol. The summed E-state index contributed by atoms with van der Waals surface area (Å²) in [6.45, 7) is 6.12. The summed E-state index contributed by atoms with van der Waals surface area (Å²) >= 11 is 0. The minimum Gasteiger partial charge on any atom is -0.456 e. The Labute approximate surface area is 143 Å². The number of rotatable bonds is 9. The second kappa shape index (κ2) is 10.4. The van der Waals surface area contributed by atoms with Crippen LogP contribution in [0.2, 0.25) is 0 Å². The van der Waals surface area contributed by atoms with Gasteiger partial charge in [0, 0.05) is 18.2 Å². The number of esters is 1. The first-order chi connectivity index (χ1) is 11.4. The second-order valence-corrected chi connectivity index (χ2v) is 6.14.